The fourth-order valence-corrected chi connectivity index (χ4v) is 5.00. The van der Waals surface area contributed by atoms with Crippen molar-refractivity contribution in [2.24, 2.45) is 13.0 Å². The van der Waals surface area contributed by atoms with E-state index in [-0.39, 0.29) is 23.3 Å². The molecule has 1 fully saturated rings. The Labute approximate surface area is 176 Å². The number of likely N-dealkylation sites (tertiary alicyclic amines) is 1. The Kier molecular flexibility index (Phi) is 4.28. The van der Waals surface area contributed by atoms with Crippen LogP contribution in [0.15, 0.2) is 52.1 Å². The van der Waals surface area contributed by atoms with Crippen molar-refractivity contribution in [1.82, 2.24) is 14.0 Å². The molecule has 0 saturated carbocycles. The van der Waals surface area contributed by atoms with E-state index < -0.39 is 16.2 Å². The number of para-hydroxylation sites is 1. The standard InChI is InChI=1S/C22H20N4O5/c1-23-18-5-3-2-4-15(18)16(9-20(23)27)21(28)24-10-13-8-14(12-24)17-6-7-19(26(30)31)22(29)25(17)11-13/h2-7,9,13-14H,8,10-12H2,1H3/t13-,14+/m1/s1. The van der Waals surface area contributed by atoms with Crippen molar-refractivity contribution in [1.29, 1.82) is 0 Å². The van der Waals surface area contributed by atoms with Gasteiger partial charge in [-0.05, 0) is 24.5 Å². The van der Waals surface area contributed by atoms with E-state index in [0.29, 0.717) is 30.7 Å². The number of carbonyl (C=O) groups is 1. The second-order valence-electron chi connectivity index (χ2n) is 8.30. The Morgan fingerprint density at radius 2 is 1.87 bits per heavy atom. The zero-order valence-electron chi connectivity index (χ0n) is 16.9. The molecule has 1 saturated heterocycles. The lowest BCUT2D eigenvalue weighted by atomic mass is 9.82. The highest BCUT2D eigenvalue weighted by Gasteiger charge is 2.38. The number of rotatable bonds is 2. The number of fused-ring (bicyclic) bond motifs is 5. The van der Waals surface area contributed by atoms with Gasteiger partial charge in [0, 0.05) is 55.8 Å². The third-order valence-corrected chi connectivity index (χ3v) is 6.45. The highest BCUT2D eigenvalue weighted by atomic mass is 16.6. The van der Waals surface area contributed by atoms with E-state index in [9.17, 15) is 24.5 Å². The Bertz CT molecular complexity index is 1370. The van der Waals surface area contributed by atoms with Crippen LogP contribution >= 0.6 is 0 Å². The number of pyridine rings is 2. The fraction of sp³-hybridized carbons (Fsp3) is 0.318. The van der Waals surface area contributed by atoms with Crippen molar-refractivity contribution in [3.05, 3.63) is 84.5 Å². The fourth-order valence-electron chi connectivity index (χ4n) is 5.00. The van der Waals surface area contributed by atoms with Crippen LogP contribution in [-0.4, -0.2) is 38.0 Å². The molecule has 2 aliphatic rings. The summed E-state index contributed by atoms with van der Waals surface area (Å²) in [4.78, 5) is 50.6. The van der Waals surface area contributed by atoms with Crippen LogP contribution in [-0.2, 0) is 13.6 Å². The molecular weight excluding hydrogens is 400 g/mol. The second kappa shape index (κ2) is 6.90. The summed E-state index contributed by atoms with van der Waals surface area (Å²) in [7, 11) is 1.68. The SMILES string of the molecule is Cn1c(=O)cc(C(=O)N2C[C@H]3C[C@@H](C2)c2ccc([N+](=O)[O-])c(=O)n2C3)c2ccccc21. The van der Waals surface area contributed by atoms with Crippen LogP contribution in [0.4, 0.5) is 5.69 Å². The predicted octanol–water partition coefficient (Wildman–Crippen LogP) is 1.87. The highest BCUT2D eigenvalue weighted by Crippen LogP contribution is 2.36. The Morgan fingerprint density at radius 1 is 1.10 bits per heavy atom. The molecule has 4 heterocycles. The van der Waals surface area contributed by atoms with Crippen LogP contribution in [0, 0.1) is 16.0 Å². The quantitative estimate of drug-likeness (QED) is 0.465. The third-order valence-electron chi connectivity index (χ3n) is 6.45. The molecule has 2 bridgehead atoms. The minimum absolute atomic E-state index is 0.0210. The Balaban J connectivity index is 1.53. The van der Waals surface area contributed by atoms with E-state index in [1.54, 1.807) is 18.0 Å². The maximum absolute atomic E-state index is 13.5. The first-order chi connectivity index (χ1) is 14.8. The maximum atomic E-state index is 13.5. The van der Waals surface area contributed by atoms with Crippen LogP contribution in [0.3, 0.4) is 0 Å². The first-order valence-corrected chi connectivity index (χ1v) is 10.1. The van der Waals surface area contributed by atoms with Gasteiger partial charge in [0.05, 0.1) is 16.0 Å². The van der Waals surface area contributed by atoms with Gasteiger partial charge >= 0.3 is 11.2 Å². The molecule has 0 spiro atoms. The molecule has 0 aliphatic carbocycles. The normalized spacial score (nSPS) is 19.8. The number of aromatic nitrogens is 2. The van der Waals surface area contributed by atoms with Crippen molar-refractivity contribution < 1.29 is 9.72 Å². The summed E-state index contributed by atoms with van der Waals surface area (Å²) < 4.78 is 3.01. The van der Waals surface area contributed by atoms with Crippen LogP contribution in [0.5, 0.6) is 0 Å². The molecule has 0 radical (unpaired) electrons. The summed E-state index contributed by atoms with van der Waals surface area (Å²) in [6, 6.07) is 11.6. The van der Waals surface area contributed by atoms with Gasteiger partial charge in [0.2, 0.25) is 0 Å². The van der Waals surface area contributed by atoms with Crippen LogP contribution in [0.2, 0.25) is 0 Å². The highest BCUT2D eigenvalue weighted by molar-refractivity contribution is 6.06. The molecule has 1 amide bonds. The van der Waals surface area contributed by atoms with Gasteiger partial charge in [-0.2, -0.15) is 0 Å². The number of carbonyl (C=O) groups excluding carboxylic acids is 1. The van der Waals surface area contributed by atoms with Crippen molar-refractivity contribution >= 4 is 22.5 Å². The van der Waals surface area contributed by atoms with Gasteiger partial charge in [-0.3, -0.25) is 24.5 Å². The molecule has 5 rings (SSSR count). The minimum Gasteiger partial charge on any atom is -0.338 e. The van der Waals surface area contributed by atoms with E-state index in [1.807, 2.05) is 24.3 Å². The monoisotopic (exact) mass is 420 g/mol. The zero-order valence-corrected chi connectivity index (χ0v) is 16.9. The molecule has 0 unspecified atom stereocenters. The number of benzene rings is 1. The number of piperidine rings is 1. The number of hydrogen-bond donors (Lipinski definition) is 0. The Hall–Kier alpha value is -3.75. The van der Waals surface area contributed by atoms with Crippen molar-refractivity contribution in [3.8, 4) is 0 Å². The second-order valence-corrected chi connectivity index (χ2v) is 8.30. The smallest absolute Gasteiger partial charge is 0.334 e. The summed E-state index contributed by atoms with van der Waals surface area (Å²) in [5.41, 5.74) is 0.527. The number of hydrogen-bond acceptors (Lipinski definition) is 5. The molecule has 1 aromatic carbocycles. The van der Waals surface area contributed by atoms with Crippen LogP contribution in [0.25, 0.3) is 10.9 Å². The van der Waals surface area contributed by atoms with Crippen molar-refractivity contribution in [2.75, 3.05) is 13.1 Å². The van der Waals surface area contributed by atoms with Gasteiger partial charge in [0.15, 0.2) is 0 Å². The molecule has 2 atom stereocenters. The molecule has 158 valence electrons. The van der Waals surface area contributed by atoms with E-state index >= 15 is 0 Å². The third kappa shape index (κ3) is 2.96. The molecule has 0 N–H and O–H groups in total. The molecular formula is C22H20N4O5. The average molecular weight is 420 g/mol. The molecule has 9 nitrogen and oxygen atoms in total. The van der Waals surface area contributed by atoms with Gasteiger partial charge in [-0.1, -0.05) is 18.2 Å². The van der Waals surface area contributed by atoms with E-state index in [0.717, 1.165) is 17.5 Å². The average Bonchev–Trinajstić information content (AvgIpc) is 2.76. The van der Waals surface area contributed by atoms with Crippen LogP contribution < -0.4 is 11.1 Å². The van der Waals surface area contributed by atoms with E-state index in [4.69, 9.17) is 0 Å². The van der Waals surface area contributed by atoms with Crippen molar-refractivity contribution in [3.63, 3.8) is 0 Å². The van der Waals surface area contributed by atoms with E-state index in [2.05, 4.69) is 0 Å². The molecule has 31 heavy (non-hydrogen) atoms. The lowest BCUT2D eigenvalue weighted by Crippen LogP contribution is -2.49. The van der Waals surface area contributed by atoms with Gasteiger partial charge < -0.3 is 14.0 Å². The van der Waals surface area contributed by atoms with Gasteiger partial charge in [0.25, 0.3) is 11.5 Å². The first-order valence-electron chi connectivity index (χ1n) is 10.1. The largest absolute Gasteiger partial charge is 0.338 e. The molecule has 9 heteroatoms. The minimum atomic E-state index is -0.656. The summed E-state index contributed by atoms with van der Waals surface area (Å²) >= 11 is 0. The van der Waals surface area contributed by atoms with Crippen LogP contribution in [0.1, 0.15) is 28.4 Å². The van der Waals surface area contributed by atoms with Crippen molar-refractivity contribution in [2.45, 2.75) is 18.9 Å². The summed E-state index contributed by atoms with van der Waals surface area (Å²) in [6.45, 7) is 1.18. The summed E-state index contributed by atoms with van der Waals surface area (Å²) in [6.07, 6.45) is 0.818. The number of nitro groups is 1. The van der Waals surface area contributed by atoms with Gasteiger partial charge in [-0.15, -0.1) is 0 Å². The predicted molar refractivity (Wildman–Crippen MR) is 113 cm³/mol. The molecule has 2 aromatic heterocycles. The molecule has 2 aliphatic heterocycles. The number of nitrogens with zero attached hydrogens (tertiary/aromatic N) is 4. The Morgan fingerprint density at radius 3 is 2.65 bits per heavy atom. The topological polar surface area (TPSA) is 107 Å². The lowest BCUT2D eigenvalue weighted by molar-refractivity contribution is -0.386. The van der Waals surface area contributed by atoms with Gasteiger partial charge in [0.1, 0.15) is 0 Å². The number of amides is 1. The summed E-state index contributed by atoms with van der Waals surface area (Å²) in [5, 5.41) is 11.8. The van der Waals surface area contributed by atoms with E-state index in [1.165, 1.54) is 21.3 Å². The van der Waals surface area contributed by atoms with Gasteiger partial charge in [-0.25, -0.2) is 0 Å². The lowest BCUT2D eigenvalue weighted by Gasteiger charge is -2.42. The number of aryl methyl sites for hydroxylation is 1. The molecule has 3 aromatic rings. The maximum Gasteiger partial charge on any atom is 0.334 e. The zero-order chi connectivity index (χ0) is 21.9. The first kappa shape index (κ1) is 19.2. The summed E-state index contributed by atoms with van der Waals surface area (Å²) in [5.74, 6) is -0.267.